The van der Waals surface area contributed by atoms with Gasteiger partial charge in [-0.2, -0.15) is 0 Å². The average molecular weight is 367 g/mol. The molecule has 2 unspecified atom stereocenters. The summed E-state index contributed by atoms with van der Waals surface area (Å²) in [7, 11) is 0. The Morgan fingerprint density at radius 1 is 1.39 bits per heavy atom. The maximum atomic E-state index is 5.87. The lowest BCUT2D eigenvalue weighted by molar-refractivity contribution is 0.0258. The van der Waals surface area contributed by atoms with Crippen molar-refractivity contribution in [2.45, 2.75) is 32.6 Å². The van der Waals surface area contributed by atoms with Crippen LogP contribution in [0.4, 0.5) is 0 Å². The molecule has 0 aromatic rings. The van der Waals surface area contributed by atoms with Gasteiger partial charge in [-0.25, -0.2) is 0 Å². The number of nitrogens with two attached hydrogens (primary N) is 1. The molecule has 4 nitrogen and oxygen atoms in total. The fourth-order valence-electron chi connectivity index (χ4n) is 2.42. The highest BCUT2D eigenvalue weighted by Gasteiger charge is 2.21. The first-order valence-corrected chi connectivity index (χ1v) is 6.87. The molecule has 18 heavy (non-hydrogen) atoms. The van der Waals surface area contributed by atoms with E-state index in [0.29, 0.717) is 17.8 Å². The normalized spacial score (nSPS) is 29.3. The molecule has 0 aromatic carbocycles. The van der Waals surface area contributed by atoms with Crippen molar-refractivity contribution in [2.75, 3.05) is 26.3 Å². The Kier molecular flexibility index (Phi) is 7.29. The van der Waals surface area contributed by atoms with Crippen LogP contribution in [-0.2, 0) is 4.74 Å². The van der Waals surface area contributed by atoms with Crippen molar-refractivity contribution in [3.63, 3.8) is 0 Å². The molecule has 2 atom stereocenters. The monoisotopic (exact) mass is 367 g/mol. The summed E-state index contributed by atoms with van der Waals surface area (Å²) in [6.45, 7) is 5.85. The quantitative estimate of drug-likeness (QED) is 0.454. The minimum absolute atomic E-state index is 0. The molecule has 2 aliphatic rings. The summed E-state index contributed by atoms with van der Waals surface area (Å²) in [5, 5.41) is 3.26. The number of hydrogen-bond donors (Lipinski definition) is 2. The summed E-state index contributed by atoms with van der Waals surface area (Å²) < 4.78 is 5.43. The highest BCUT2D eigenvalue weighted by molar-refractivity contribution is 14.0. The van der Waals surface area contributed by atoms with Crippen molar-refractivity contribution in [1.82, 2.24) is 5.32 Å². The lowest BCUT2D eigenvalue weighted by atomic mass is 9.86. The van der Waals surface area contributed by atoms with E-state index < -0.39 is 0 Å². The van der Waals surface area contributed by atoms with Gasteiger partial charge in [-0.15, -0.1) is 24.0 Å². The molecule has 0 aromatic heterocycles. The second-order valence-electron chi connectivity index (χ2n) is 5.50. The van der Waals surface area contributed by atoms with E-state index in [1.165, 1.54) is 19.3 Å². The molecule has 1 aliphatic heterocycles. The van der Waals surface area contributed by atoms with Crippen LogP contribution >= 0.6 is 24.0 Å². The lowest BCUT2D eigenvalue weighted by Crippen LogP contribution is -2.40. The van der Waals surface area contributed by atoms with Crippen LogP contribution < -0.4 is 11.1 Å². The van der Waals surface area contributed by atoms with Crippen LogP contribution in [0.5, 0.6) is 0 Å². The topological polar surface area (TPSA) is 59.6 Å². The van der Waals surface area contributed by atoms with Gasteiger partial charge in [-0.05, 0) is 37.0 Å². The SMILES string of the molecule is CC1COCCC1CNC(N)=NCC1CCC1.I. The molecule has 0 bridgehead atoms. The van der Waals surface area contributed by atoms with Crippen molar-refractivity contribution in [2.24, 2.45) is 28.5 Å². The molecule has 0 spiro atoms. The number of rotatable bonds is 4. The van der Waals surface area contributed by atoms with Gasteiger partial charge in [0.2, 0.25) is 0 Å². The van der Waals surface area contributed by atoms with Gasteiger partial charge in [0.05, 0.1) is 0 Å². The van der Waals surface area contributed by atoms with E-state index in [0.717, 1.165) is 38.6 Å². The average Bonchev–Trinajstić information content (AvgIpc) is 2.26. The van der Waals surface area contributed by atoms with E-state index >= 15 is 0 Å². The molecule has 0 radical (unpaired) electrons. The summed E-state index contributed by atoms with van der Waals surface area (Å²) in [6.07, 6.45) is 5.15. The molecule has 2 fully saturated rings. The number of halogens is 1. The Morgan fingerprint density at radius 3 is 2.78 bits per heavy atom. The third-order valence-corrected chi connectivity index (χ3v) is 4.11. The predicted molar refractivity (Wildman–Crippen MR) is 85.3 cm³/mol. The van der Waals surface area contributed by atoms with E-state index in [9.17, 15) is 0 Å². The van der Waals surface area contributed by atoms with Gasteiger partial charge in [0.15, 0.2) is 5.96 Å². The molecule has 1 saturated heterocycles. The lowest BCUT2D eigenvalue weighted by Gasteiger charge is -2.29. The second kappa shape index (κ2) is 8.19. The van der Waals surface area contributed by atoms with Crippen molar-refractivity contribution in [3.05, 3.63) is 0 Å². The summed E-state index contributed by atoms with van der Waals surface area (Å²) in [4.78, 5) is 4.41. The maximum absolute atomic E-state index is 5.87. The van der Waals surface area contributed by atoms with Crippen LogP contribution in [0.15, 0.2) is 4.99 Å². The first-order valence-electron chi connectivity index (χ1n) is 6.87. The Hall–Kier alpha value is -0.0400. The van der Waals surface area contributed by atoms with Gasteiger partial charge in [-0.1, -0.05) is 13.3 Å². The van der Waals surface area contributed by atoms with Gasteiger partial charge in [0, 0.05) is 26.3 Å². The summed E-state index contributed by atoms with van der Waals surface area (Å²) in [5.74, 6) is 2.70. The third-order valence-electron chi connectivity index (χ3n) is 4.11. The second-order valence-corrected chi connectivity index (χ2v) is 5.50. The first kappa shape index (κ1) is 16.0. The molecule has 1 heterocycles. The van der Waals surface area contributed by atoms with Crippen molar-refractivity contribution < 1.29 is 4.74 Å². The standard InChI is InChI=1S/C13H25N3O.HI/c1-10-9-17-6-5-12(10)8-16-13(14)15-7-11-3-2-4-11;/h10-12H,2-9H2,1H3,(H3,14,15,16);1H. The number of nitrogens with zero attached hydrogens (tertiary/aromatic N) is 1. The molecule has 1 saturated carbocycles. The number of nitrogens with one attached hydrogen (secondary N) is 1. The van der Waals surface area contributed by atoms with Crippen LogP contribution in [-0.4, -0.2) is 32.3 Å². The van der Waals surface area contributed by atoms with E-state index in [-0.39, 0.29) is 24.0 Å². The van der Waals surface area contributed by atoms with Gasteiger partial charge < -0.3 is 15.8 Å². The zero-order valence-electron chi connectivity index (χ0n) is 11.2. The van der Waals surface area contributed by atoms with Crippen LogP contribution in [0.3, 0.4) is 0 Å². The van der Waals surface area contributed by atoms with Crippen LogP contribution in [0.1, 0.15) is 32.6 Å². The van der Waals surface area contributed by atoms with Gasteiger partial charge in [-0.3, -0.25) is 4.99 Å². The smallest absolute Gasteiger partial charge is 0.188 e. The zero-order chi connectivity index (χ0) is 12.1. The molecule has 0 amide bonds. The fourth-order valence-corrected chi connectivity index (χ4v) is 2.42. The van der Waals surface area contributed by atoms with E-state index in [2.05, 4.69) is 17.2 Å². The first-order chi connectivity index (χ1) is 8.25. The van der Waals surface area contributed by atoms with Crippen LogP contribution in [0.2, 0.25) is 0 Å². The summed E-state index contributed by atoms with van der Waals surface area (Å²) in [5.41, 5.74) is 5.87. The molecule has 1 aliphatic carbocycles. The van der Waals surface area contributed by atoms with Crippen LogP contribution in [0.25, 0.3) is 0 Å². The van der Waals surface area contributed by atoms with Crippen molar-refractivity contribution in [1.29, 1.82) is 0 Å². The molecule has 106 valence electrons. The van der Waals surface area contributed by atoms with Gasteiger partial charge >= 0.3 is 0 Å². The van der Waals surface area contributed by atoms with Crippen molar-refractivity contribution in [3.8, 4) is 0 Å². The number of guanidine groups is 1. The summed E-state index contributed by atoms with van der Waals surface area (Å²) in [6, 6.07) is 0. The molecular weight excluding hydrogens is 341 g/mol. The Balaban J connectivity index is 0.00000162. The highest BCUT2D eigenvalue weighted by Crippen LogP contribution is 2.26. The molecule has 2 rings (SSSR count). The Morgan fingerprint density at radius 2 is 2.17 bits per heavy atom. The molecule has 5 heteroatoms. The predicted octanol–water partition coefficient (Wildman–Crippen LogP) is 1.98. The molecule has 3 N–H and O–H groups in total. The number of ether oxygens (including phenoxy) is 1. The minimum Gasteiger partial charge on any atom is -0.381 e. The number of aliphatic imine (C=N–C) groups is 1. The van der Waals surface area contributed by atoms with E-state index in [1.54, 1.807) is 0 Å². The number of hydrogen-bond acceptors (Lipinski definition) is 2. The zero-order valence-corrected chi connectivity index (χ0v) is 13.6. The Bertz CT molecular complexity index is 269. The van der Waals surface area contributed by atoms with Gasteiger partial charge in [0.25, 0.3) is 0 Å². The minimum atomic E-state index is 0. The summed E-state index contributed by atoms with van der Waals surface area (Å²) >= 11 is 0. The Labute approximate surface area is 127 Å². The largest absolute Gasteiger partial charge is 0.381 e. The van der Waals surface area contributed by atoms with E-state index in [1.807, 2.05) is 0 Å². The highest BCUT2D eigenvalue weighted by atomic mass is 127. The molecular formula is C13H26IN3O. The van der Waals surface area contributed by atoms with E-state index in [4.69, 9.17) is 10.5 Å². The van der Waals surface area contributed by atoms with Crippen LogP contribution in [0, 0.1) is 17.8 Å². The van der Waals surface area contributed by atoms with Crippen molar-refractivity contribution >= 4 is 29.9 Å². The maximum Gasteiger partial charge on any atom is 0.188 e. The third kappa shape index (κ3) is 4.91. The van der Waals surface area contributed by atoms with Gasteiger partial charge in [0.1, 0.15) is 0 Å². The fraction of sp³-hybridized carbons (Fsp3) is 0.923.